The highest BCUT2D eigenvalue weighted by Crippen LogP contribution is 2.26. The molecule has 0 amide bonds. The zero-order valence-corrected chi connectivity index (χ0v) is 12.7. The summed E-state index contributed by atoms with van der Waals surface area (Å²) in [7, 11) is 0. The van der Waals surface area contributed by atoms with E-state index in [1.165, 1.54) is 25.1 Å². The third-order valence-electron chi connectivity index (χ3n) is 4.34. The van der Waals surface area contributed by atoms with Crippen LogP contribution in [0.1, 0.15) is 12.8 Å². The maximum absolute atomic E-state index is 6.28. The number of hydrogen-bond acceptors (Lipinski definition) is 3. The minimum absolute atomic E-state index is 0.732. The third kappa shape index (κ3) is 3.46. The molecular formula is C16H23ClN2O. The Hall–Kier alpha value is -0.770. The quantitative estimate of drug-likeness (QED) is 0.852. The van der Waals surface area contributed by atoms with E-state index in [1.807, 2.05) is 12.1 Å². The Morgan fingerprint density at radius 2 is 1.95 bits per heavy atom. The zero-order chi connectivity index (χ0) is 13.8. The molecular weight excluding hydrogens is 272 g/mol. The van der Waals surface area contributed by atoms with Crippen LogP contribution in [0.3, 0.4) is 0 Å². The highest BCUT2D eigenvalue weighted by Gasteiger charge is 2.22. The second-order valence-electron chi connectivity index (χ2n) is 5.82. The summed E-state index contributed by atoms with van der Waals surface area (Å²) in [6.45, 7) is 7.48. The van der Waals surface area contributed by atoms with Gasteiger partial charge in [0, 0.05) is 39.3 Å². The molecule has 0 unspecified atom stereocenters. The van der Waals surface area contributed by atoms with Gasteiger partial charge in [0.25, 0.3) is 0 Å². The van der Waals surface area contributed by atoms with Gasteiger partial charge in [0.05, 0.1) is 17.3 Å². The first-order valence-corrected chi connectivity index (χ1v) is 8.00. The van der Waals surface area contributed by atoms with Crippen molar-refractivity contribution in [3.05, 3.63) is 29.3 Å². The van der Waals surface area contributed by atoms with Crippen LogP contribution in [0.4, 0.5) is 5.69 Å². The Morgan fingerprint density at radius 1 is 1.15 bits per heavy atom. The first-order valence-electron chi connectivity index (χ1n) is 7.62. The van der Waals surface area contributed by atoms with Crippen molar-refractivity contribution in [1.82, 2.24) is 4.90 Å². The molecule has 2 saturated heterocycles. The lowest BCUT2D eigenvalue weighted by Crippen LogP contribution is -2.48. The topological polar surface area (TPSA) is 15.7 Å². The predicted octanol–water partition coefficient (Wildman–Crippen LogP) is 2.89. The second-order valence-corrected chi connectivity index (χ2v) is 6.23. The molecule has 110 valence electrons. The smallest absolute Gasteiger partial charge is 0.0639 e. The molecule has 0 radical (unpaired) electrons. The van der Waals surface area contributed by atoms with E-state index in [-0.39, 0.29) is 0 Å². The zero-order valence-electron chi connectivity index (χ0n) is 11.9. The molecule has 4 heteroatoms. The number of ether oxygens (including phenoxy) is 1. The van der Waals surface area contributed by atoms with E-state index >= 15 is 0 Å². The van der Waals surface area contributed by atoms with Crippen LogP contribution >= 0.6 is 11.6 Å². The van der Waals surface area contributed by atoms with E-state index in [0.29, 0.717) is 0 Å². The Balaban J connectivity index is 1.50. The Labute approximate surface area is 126 Å². The van der Waals surface area contributed by atoms with Gasteiger partial charge in [0.15, 0.2) is 0 Å². The number of piperazine rings is 1. The van der Waals surface area contributed by atoms with Crippen LogP contribution in [-0.2, 0) is 4.74 Å². The highest BCUT2D eigenvalue weighted by atomic mass is 35.5. The minimum Gasteiger partial charge on any atom is -0.381 e. The minimum atomic E-state index is 0.732. The summed E-state index contributed by atoms with van der Waals surface area (Å²) >= 11 is 6.28. The number of nitrogens with zero attached hydrogens (tertiary/aromatic N) is 2. The molecule has 1 aromatic rings. The van der Waals surface area contributed by atoms with Crippen LogP contribution in [0, 0.1) is 5.92 Å². The monoisotopic (exact) mass is 294 g/mol. The summed E-state index contributed by atoms with van der Waals surface area (Å²) in [4.78, 5) is 4.98. The Kier molecular flexibility index (Phi) is 4.81. The van der Waals surface area contributed by atoms with Gasteiger partial charge in [-0.05, 0) is 30.9 Å². The fourth-order valence-electron chi connectivity index (χ4n) is 3.20. The molecule has 0 bridgehead atoms. The van der Waals surface area contributed by atoms with Crippen molar-refractivity contribution in [1.29, 1.82) is 0 Å². The van der Waals surface area contributed by atoms with E-state index in [0.717, 1.165) is 50.3 Å². The van der Waals surface area contributed by atoms with Crippen molar-refractivity contribution in [2.45, 2.75) is 12.8 Å². The number of hydrogen-bond donors (Lipinski definition) is 0. The third-order valence-corrected chi connectivity index (χ3v) is 4.66. The average molecular weight is 295 g/mol. The fraction of sp³-hybridized carbons (Fsp3) is 0.625. The highest BCUT2D eigenvalue weighted by molar-refractivity contribution is 6.33. The molecule has 20 heavy (non-hydrogen) atoms. The number of halogens is 1. The number of anilines is 1. The predicted molar refractivity (Wildman–Crippen MR) is 83.6 cm³/mol. The molecule has 2 aliphatic rings. The van der Waals surface area contributed by atoms with Gasteiger partial charge >= 0.3 is 0 Å². The number of benzene rings is 1. The van der Waals surface area contributed by atoms with Crippen LogP contribution in [0.2, 0.25) is 5.02 Å². The lowest BCUT2D eigenvalue weighted by molar-refractivity contribution is 0.0377. The van der Waals surface area contributed by atoms with Gasteiger partial charge in [-0.1, -0.05) is 23.7 Å². The van der Waals surface area contributed by atoms with E-state index < -0.39 is 0 Å². The summed E-state index contributed by atoms with van der Waals surface area (Å²) in [5.41, 5.74) is 1.18. The van der Waals surface area contributed by atoms with Crippen molar-refractivity contribution in [3.63, 3.8) is 0 Å². The SMILES string of the molecule is Clc1ccccc1N1CCN(C[C@H]2CCCOC2)CC1. The molecule has 3 nitrogen and oxygen atoms in total. The molecule has 1 aromatic carbocycles. The summed E-state index contributed by atoms with van der Waals surface area (Å²) in [5, 5.41) is 0.863. The van der Waals surface area contributed by atoms with Gasteiger partial charge in [-0.25, -0.2) is 0 Å². The first kappa shape index (κ1) is 14.2. The van der Waals surface area contributed by atoms with Crippen molar-refractivity contribution in [2.75, 3.05) is 50.8 Å². The van der Waals surface area contributed by atoms with Gasteiger partial charge in [-0.3, -0.25) is 4.90 Å². The van der Waals surface area contributed by atoms with Gasteiger partial charge in [0.1, 0.15) is 0 Å². The average Bonchev–Trinajstić information content (AvgIpc) is 2.50. The van der Waals surface area contributed by atoms with Crippen LogP contribution in [-0.4, -0.2) is 50.8 Å². The molecule has 0 N–H and O–H groups in total. The van der Waals surface area contributed by atoms with Crippen LogP contribution in [0.15, 0.2) is 24.3 Å². The van der Waals surface area contributed by atoms with Crippen LogP contribution < -0.4 is 4.90 Å². The number of rotatable bonds is 3. The molecule has 3 rings (SSSR count). The maximum atomic E-state index is 6.28. The van der Waals surface area contributed by atoms with Gasteiger partial charge in [0.2, 0.25) is 0 Å². The summed E-state index contributed by atoms with van der Waals surface area (Å²) < 4.78 is 5.58. The van der Waals surface area contributed by atoms with E-state index in [1.54, 1.807) is 0 Å². The molecule has 0 aliphatic carbocycles. The Morgan fingerprint density at radius 3 is 2.65 bits per heavy atom. The van der Waals surface area contributed by atoms with Gasteiger partial charge < -0.3 is 9.64 Å². The fourth-order valence-corrected chi connectivity index (χ4v) is 3.45. The number of para-hydroxylation sites is 1. The van der Waals surface area contributed by atoms with Gasteiger partial charge in [-0.2, -0.15) is 0 Å². The first-order chi connectivity index (χ1) is 9.83. The molecule has 0 spiro atoms. The van der Waals surface area contributed by atoms with E-state index in [2.05, 4.69) is 21.9 Å². The summed E-state index contributed by atoms with van der Waals surface area (Å²) in [6.07, 6.45) is 2.55. The lowest BCUT2D eigenvalue weighted by atomic mass is 10.0. The van der Waals surface area contributed by atoms with Crippen molar-refractivity contribution < 1.29 is 4.74 Å². The normalized spacial score (nSPS) is 24.9. The van der Waals surface area contributed by atoms with Crippen LogP contribution in [0.5, 0.6) is 0 Å². The van der Waals surface area contributed by atoms with E-state index in [9.17, 15) is 0 Å². The summed E-state index contributed by atoms with van der Waals surface area (Å²) in [6, 6.07) is 8.15. The van der Waals surface area contributed by atoms with Crippen LogP contribution in [0.25, 0.3) is 0 Å². The molecule has 0 saturated carbocycles. The molecule has 2 fully saturated rings. The van der Waals surface area contributed by atoms with E-state index in [4.69, 9.17) is 16.3 Å². The van der Waals surface area contributed by atoms with Crippen molar-refractivity contribution in [2.24, 2.45) is 5.92 Å². The molecule has 2 heterocycles. The molecule has 0 aromatic heterocycles. The van der Waals surface area contributed by atoms with Crippen molar-refractivity contribution >= 4 is 17.3 Å². The second kappa shape index (κ2) is 6.79. The lowest BCUT2D eigenvalue weighted by Gasteiger charge is -2.38. The maximum Gasteiger partial charge on any atom is 0.0639 e. The van der Waals surface area contributed by atoms with Gasteiger partial charge in [-0.15, -0.1) is 0 Å². The molecule has 2 aliphatic heterocycles. The molecule has 1 atom stereocenters. The van der Waals surface area contributed by atoms with Crippen molar-refractivity contribution in [3.8, 4) is 0 Å². The largest absolute Gasteiger partial charge is 0.381 e. The Bertz CT molecular complexity index is 426. The standard InChI is InChI=1S/C16H23ClN2O/c17-15-5-1-2-6-16(15)19-9-7-18(8-10-19)12-14-4-3-11-20-13-14/h1-2,5-6,14H,3-4,7-13H2/t14-/m1/s1. The summed E-state index contributed by atoms with van der Waals surface area (Å²) in [5.74, 6) is 0.732.